The summed E-state index contributed by atoms with van der Waals surface area (Å²) in [5, 5.41) is 18.7. The number of pyridine rings is 1. The molecule has 0 saturated heterocycles. The highest BCUT2D eigenvalue weighted by molar-refractivity contribution is 7.92. The molecule has 0 fully saturated rings. The summed E-state index contributed by atoms with van der Waals surface area (Å²) in [7, 11) is -3.84. The van der Waals surface area contributed by atoms with Gasteiger partial charge in [-0.15, -0.1) is 0 Å². The van der Waals surface area contributed by atoms with Gasteiger partial charge in [-0.3, -0.25) is 14.8 Å². The topological polar surface area (TPSA) is 126 Å². The van der Waals surface area contributed by atoms with E-state index in [1.807, 2.05) is 0 Å². The van der Waals surface area contributed by atoms with Gasteiger partial charge in [0.1, 0.15) is 5.75 Å². The maximum atomic E-state index is 12.3. The predicted octanol–water partition coefficient (Wildman–Crippen LogP) is 0.920. The molecule has 2 rings (SSSR count). The first-order chi connectivity index (χ1) is 12.1. The van der Waals surface area contributed by atoms with E-state index in [4.69, 9.17) is 5.21 Å². The summed E-state index contributed by atoms with van der Waals surface area (Å²) >= 11 is 0. The fourth-order valence-electron chi connectivity index (χ4n) is 2.50. The van der Waals surface area contributed by atoms with Crippen molar-refractivity contribution in [2.45, 2.75) is 24.6 Å². The molecule has 26 heavy (non-hydrogen) atoms. The van der Waals surface area contributed by atoms with E-state index in [0.717, 1.165) is 6.26 Å². The number of hydroxylamine groups is 1. The average molecular weight is 380 g/mol. The smallest absolute Gasteiger partial charge is 0.264 e. The van der Waals surface area contributed by atoms with Crippen LogP contribution < -0.4 is 11.0 Å². The molecule has 0 radical (unpaired) electrons. The molecular formula is C17H20N2O6S. The van der Waals surface area contributed by atoms with Crippen LogP contribution in [0.3, 0.4) is 0 Å². The number of nitrogens with one attached hydrogen (secondary N) is 1. The third-order valence-electron chi connectivity index (χ3n) is 4.44. The van der Waals surface area contributed by atoms with Crippen molar-refractivity contribution in [1.29, 1.82) is 0 Å². The first-order valence-corrected chi connectivity index (χ1v) is 9.62. The minimum Gasteiger partial charge on any atom is -0.507 e. The van der Waals surface area contributed by atoms with Gasteiger partial charge < -0.3 is 9.67 Å². The molecule has 0 saturated carbocycles. The number of phenolic OH excluding ortho intramolecular Hbond substituents is 1. The van der Waals surface area contributed by atoms with Crippen molar-refractivity contribution in [1.82, 2.24) is 10.0 Å². The summed E-state index contributed by atoms with van der Waals surface area (Å²) in [4.78, 5) is 24.1. The number of nitrogens with zero attached hydrogens (tertiary/aromatic N) is 1. The van der Waals surface area contributed by atoms with E-state index in [9.17, 15) is 23.1 Å². The number of carbonyl (C=O) groups excluding carboxylic acids is 1. The SMILES string of the molecule is CC(CCn1ccc(-c2ccccc2O)cc1=O)(C(=O)NO)S(C)(=O)=O. The zero-order valence-electron chi connectivity index (χ0n) is 14.3. The Morgan fingerprint density at radius 3 is 2.46 bits per heavy atom. The fraction of sp³-hybridized carbons (Fsp3) is 0.294. The third-order valence-corrected chi connectivity index (χ3v) is 6.47. The van der Waals surface area contributed by atoms with Crippen LogP contribution in [0.25, 0.3) is 11.1 Å². The molecule has 1 atom stereocenters. The lowest BCUT2D eigenvalue weighted by molar-refractivity contribution is -0.131. The monoisotopic (exact) mass is 380 g/mol. The van der Waals surface area contributed by atoms with Gasteiger partial charge in [-0.05, 0) is 31.0 Å². The summed E-state index contributed by atoms with van der Waals surface area (Å²) in [5.41, 5.74) is 1.97. The van der Waals surface area contributed by atoms with Gasteiger partial charge in [-0.2, -0.15) is 0 Å². The molecule has 2 aromatic rings. The number of hydrogen-bond donors (Lipinski definition) is 3. The molecular weight excluding hydrogens is 360 g/mol. The summed E-state index contributed by atoms with van der Waals surface area (Å²) in [6.45, 7) is 1.15. The Kier molecular flexibility index (Phi) is 5.53. The highest BCUT2D eigenvalue weighted by Crippen LogP contribution is 2.27. The number of aromatic hydroxyl groups is 1. The second-order valence-electron chi connectivity index (χ2n) is 6.16. The number of rotatable bonds is 6. The van der Waals surface area contributed by atoms with Crippen molar-refractivity contribution in [3.8, 4) is 16.9 Å². The second-order valence-corrected chi connectivity index (χ2v) is 8.60. The van der Waals surface area contributed by atoms with E-state index < -0.39 is 26.1 Å². The van der Waals surface area contributed by atoms with Crippen molar-refractivity contribution in [3.05, 3.63) is 52.9 Å². The number of para-hydroxylation sites is 1. The summed E-state index contributed by atoms with van der Waals surface area (Å²) in [6.07, 6.45) is 2.16. The largest absolute Gasteiger partial charge is 0.507 e. The normalized spacial score (nSPS) is 13.8. The molecule has 0 aliphatic carbocycles. The summed E-state index contributed by atoms with van der Waals surface area (Å²) in [6, 6.07) is 9.50. The van der Waals surface area contributed by atoms with Crippen molar-refractivity contribution in [3.63, 3.8) is 0 Å². The van der Waals surface area contributed by atoms with E-state index in [1.165, 1.54) is 35.3 Å². The van der Waals surface area contributed by atoms with Crippen LogP contribution in [0.15, 0.2) is 47.4 Å². The van der Waals surface area contributed by atoms with Gasteiger partial charge in [-0.25, -0.2) is 13.9 Å². The Morgan fingerprint density at radius 2 is 1.92 bits per heavy atom. The lowest BCUT2D eigenvalue weighted by Crippen LogP contribution is -2.49. The molecule has 1 aromatic heterocycles. The number of carbonyl (C=O) groups is 1. The highest BCUT2D eigenvalue weighted by atomic mass is 32.2. The maximum Gasteiger partial charge on any atom is 0.264 e. The minimum atomic E-state index is -3.84. The van der Waals surface area contributed by atoms with Crippen LogP contribution in [0.5, 0.6) is 5.75 Å². The molecule has 140 valence electrons. The van der Waals surface area contributed by atoms with Crippen molar-refractivity contribution < 1.29 is 23.5 Å². The van der Waals surface area contributed by atoms with E-state index in [1.54, 1.807) is 24.3 Å². The molecule has 3 N–H and O–H groups in total. The van der Waals surface area contributed by atoms with E-state index >= 15 is 0 Å². The predicted molar refractivity (Wildman–Crippen MR) is 95.6 cm³/mol. The number of aryl methyl sites for hydroxylation is 1. The Morgan fingerprint density at radius 1 is 1.27 bits per heavy atom. The van der Waals surface area contributed by atoms with Crippen LogP contribution in [-0.4, -0.2) is 40.2 Å². The lowest BCUT2D eigenvalue weighted by atomic mass is 10.1. The fourth-order valence-corrected chi connectivity index (χ4v) is 3.34. The Bertz CT molecular complexity index is 983. The Labute approximate surface area is 150 Å². The number of amides is 1. The van der Waals surface area contributed by atoms with Crippen LogP contribution in [0, 0.1) is 0 Å². The van der Waals surface area contributed by atoms with Gasteiger partial charge >= 0.3 is 0 Å². The van der Waals surface area contributed by atoms with Gasteiger partial charge in [0.25, 0.3) is 11.5 Å². The molecule has 1 unspecified atom stereocenters. The van der Waals surface area contributed by atoms with Gasteiger partial charge in [-0.1, -0.05) is 18.2 Å². The Hall–Kier alpha value is -2.65. The number of phenols is 1. The van der Waals surface area contributed by atoms with Gasteiger partial charge in [0.2, 0.25) is 0 Å². The Balaban J connectivity index is 2.30. The number of sulfone groups is 1. The van der Waals surface area contributed by atoms with Crippen LogP contribution in [0.4, 0.5) is 0 Å². The average Bonchev–Trinajstić information content (AvgIpc) is 2.59. The molecule has 8 nitrogen and oxygen atoms in total. The van der Waals surface area contributed by atoms with E-state index in [2.05, 4.69) is 0 Å². The number of benzene rings is 1. The quantitative estimate of drug-likeness (QED) is 0.505. The molecule has 0 aliphatic rings. The number of aromatic nitrogens is 1. The van der Waals surface area contributed by atoms with E-state index in [0.29, 0.717) is 11.1 Å². The molecule has 1 heterocycles. The van der Waals surface area contributed by atoms with Crippen molar-refractivity contribution in [2.24, 2.45) is 0 Å². The summed E-state index contributed by atoms with van der Waals surface area (Å²) in [5.74, 6) is -1.02. The van der Waals surface area contributed by atoms with E-state index in [-0.39, 0.29) is 18.7 Å². The number of hydrogen-bond acceptors (Lipinski definition) is 6. The third kappa shape index (κ3) is 3.78. The van der Waals surface area contributed by atoms with Crippen LogP contribution in [0.1, 0.15) is 13.3 Å². The lowest BCUT2D eigenvalue weighted by Gasteiger charge is -2.25. The van der Waals surface area contributed by atoms with Gasteiger partial charge in [0.05, 0.1) is 0 Å². The zero-order chi connectivity index (χ0) is 19.5. The molecule has 0 bridgehead atoms. The summed E-state index contributed by atoms with van der Waals surface area (Å²) < 4.78 is 23.3. The molecule has 0 spiro atoms. The first kappa shape index (κ1) is 19.7. The minimum absolute atomic E-state index is 0.0360. The van der Waals surface area contributed by atoms with Crippen molar-refractivity contribution in [2.75, 3.05) is 6.26 Å². The molecule has 0 aliphatic heterocycles. The standard InChI is InChI=1S/C17H20N2O6S/c1-17(16(22)18-23,26(2,24)25)8-10-19-9-7-12(11-15(19)21)13-5-3-4-6-14(13)20/h3-7,9,11,20,23H,8,10H2,1-2H3,(H,18,22). The van der Waals surface area contributed by atoms with Gasteiger partial charge in [0.15, 0.2) is 14.6 Å². The zero-order valence-corrected chi connectivity index (χ0v) is 15.2. The highest BCUT2D eigenvalue weighted by Gasteiger charge is 2.43. The molecule has 1 amide bonds. The van der Waals surface area contributed by atoms with Crippen molar-refractivity contribution >= 4 is 15.7 Å². The maximum absolute atomic E-state index is 12.3. The van der Waals surface area contributed by atoms with Crippen LogP contribution in [-0.2, 0) is 21.2 Å². The van der Waals surface area contributed by atoms with Gasteiger partial charge in [0, 0.05) is 30.6 Å². The molecule has 1 aromatic carbocycles. The van der Waals surface area contributed by atoms with Crippen LogP contribution >= 0.6 is 0 Å². The second kappa shape index (κ2) is 7.30. The van der Waals surface area contributed by atoms with Crippen LogP contribution in [0.2, 0.25) is 0 Å². The molecule has 9 heteroatoms. The first-order valence-electron chi connectivity index (χ1n) is 7.73.